The molecule has 110 valence electrons. The molecule has 0 atom stereocenters. The fraction of sp³-hybridized carbons (Fsp3) is 0.118. The number of fused-ring (bicyclic) bond motifs is 1. The van der Waals surface area contributed by atoms with Crippen molar-refractivity contribution in [2.24, 2.45) is 10.2 Å². The van der Waals surface area contributed by atoms with Gasteiger partial charge in [0.05, 0.1) is 5.52 Å². The summed E-state index contributed by atoms with van der Waals surface area (Å²) >= 11 is 0. The number of hydrogen-bond acceptors (Lipinski definition) is 5. The smallest absolute Gasteiger partial charge is 0.174 e. The first kappa shape index (κ1) is 14.0. The number of aromatic nitrogens is 1. The van der Waals surface area contributed by atoms with Gasteiger partial charge in [-0.2, -0.15) is 0 Å². The topological polar surface area (TPSA) is 61.1 Å². The lowest BCUT2D eigenvalue weighted by Crippen LogP contribution is -2.07. The number of hydrogen-bond donors (Lipinski definition) is 1. The van der Waals surface area contributed by atoms with Gasteiger partial charge in [-0.25, -0.2) is 4.98 Å². The first-order valence-corrected chi connectivity index (χ1v) is 6.91. The zero-order valence-electron chi connectivity index (χ0n) is 12.4. The van der Waals surface area contributed by atoms with Crippen LogP contribution in [0.1, 0.15) is 0 Å². The molecule has 0 unspecified atom stereocenters. The second kappa shape index (κ2) is 5.81. The number of phenols is 1. The molecule has 0 fully saturated rings. The maximum atomic E-state index is 9.99. The van der Waals surface area contributed by atoms with Crippen molar-refractivity contribution in [2.45, 2.75) is 0 Å². The molecule has 1 heterocycles. The normalized spacial score (nSPS) is 11.2. The third-order valence-electron chi connectivity index (χ3n) is 3.32. The molecule has 0 aliphatic carbocycles. The Balaban J connectivity index is 1.89. The van der Waals surface area contributed by atoms with Crippen LogP contribution in [0.25, 0.3) is 10.9 Å². The molecule has 1 N–H and O–H groups in total. The Labute approximate surface area is 128 Å². The number of nitrogens with zero attached hydrogens (tertiary/aromatic N) is 4. The van der Waals surface area contributed by atoms with Gasteiger partial charge in [0, 0.05) is 31.2 Å². The lowest BCUT2D eigenvalue weighted by Gasteiger charge is -2.12. The zero-order chi connectivity index (χ0) is 15.5. The lowest BCUT2D eigenvalue weighted by molar-refractivity contribution is 0.476. The van der Waals surface area contributed by atoms with E-state index in [1.165, 1.54) is 0 Å². The molecule has 1 aromatic heterocycles. The Morgan fingerprint density at radius 3 is 2.55 bits per heavy atom. The van der Waals surface area contributed by atoms with Crippen molar-refractivity contribution in [3.8, 4) is 5.75 Å². The minimum atomic E-state index is 0.0933. The van der Waals surface area contributed by atoms with Gasteiger partial charge in [0.25, 0.3) is 0 Å². The Kier molecular flexibility index (Phi) is 3.70. The molecule has 0 amide bonds. The molecule has 2 aromatic carbocycles. The van der Waals surface area contributed by atoms with E-state index in [9.17, 15) is 5.11 Å². The minimum Gasteiger partial charge on any atom is -0.506 e. The predicted molar refractivity (Wildman–Crippen MR) is 88.4 cm³/mol. The molecule has 22 heavy (non-hydrogen) atoms. The second-order valence-corrected chi connectivity index (χ2v) is 5.13. The number of azo groups is 1. The van der Waals surface area contributed by atoms with Crippen LogP contribution in [0.4, 0.5) is 17.2 Å². The minimum absolute atomic E-state index is 0.0933. The fourth-order valence-electron chi connectivity index (χ4n) is 2.09. The number of para-hydroxylation sites is 1. The second-order valence-electron chi connectivity index (χ2n) is 5.13. The molecule has 0 saturated carbocycles. The van der Waals surface area contributed by atoms with Crippen molar-refractivity contribution in [3.05, 3.63) is 54.6 Å². The van der Waals surface area contributed by atoms with Crippen LogP contribution < -0.4 is 4.90 Å². The molecule has 0 aliphatic heterocycles. The van der Waals surface area contributed by atoms with Crippen molar-refractivity contribution >= 4 is 28.1 Å². The lowest BCUT2D eigenvalue weighted by atomic mass is 10.2. The molecule has 0 saturated heterocycles. The number of benzene rings is 2. The molecule has 0 radical (unpaired) electrons. The summed E-state index contributed by atoms with van der Waals surface area (Å²) in [4.78, 5) is 6.32. The summed E-state index contributed by atoms with van der Waals surface area (Å²) < 4.78 is 0. The Morgan fingerprint density at radius 2 is 1.77 bits per heavy atom. The van der Waals surface area contributed by atoms with E-state index in [-0.39, 0.29) is 5.75 Å². The highest BCUT2D eigenvalue weighted by Crippen LogP contribution is 2.31. The molecule has 0 bridgehead atoms. The van der Waals surface area contributed by atoms with Gasteiger partial charge in [0.1, 0.15) is 11.4 Å². The fourth-order valence-corrected chi connectivity index (χ4v) is 2.09. The summed E-state index contributed by atoms with van der Waals surface area (Å²) in [5.41, 5.74) is 2.19. The summed E-state index contributed by atoms with van der Waals surface area (Å²) in [6, 6.07) is 16.8. The maximum Gasteiger partial charge on any atom is 0.174 e. The zero-order valence-corrected chi connectivity index (χ0v) is 12.4. The van der Waals surface area contributed by atoms with Crippen molar-refractivity contribution in [1.29, 1.82) is 0 Å². The van der Waals surface area contributed by atoms with Crippen molar-refractivity contribution in [3.63, 3.8) is 0 Å². The van der Waals surface area contributed by atoms with Crippen molar-refractivity contribution in [1.82, 2.24) is 4.98 Å². The maximum absolute atomic E-state index is 9.99. The molecular weight excluding hydrogens is 276 g/mol. The number of anilines is 1. The van der Waals surface area contributed by atoms with Gasteiger partial charge in [-0.05, 0) is 30.3 Å². The summed E-state index contributed by atoms with van der Waals surface area (Å²) in [7, 11) is 3.82. The van der Waals surface area contributed by atoms with Crippen LogP contribution >= 0.6 is 0 Å². The van der Waals surface area contributed by atoms with Gasteiger partial charge in [-0.15, -0.1) is 10.2 Å². The van der Waals surface area contributed by atoms with Crippen molar-refractivity contribution in [2.75, 3.05) is 19.0 Å². The molecule has 5 nitrogen and oxygen atoms in total. The highest BCUT2D eigenvalue weighted by molar-refractivity contribution is 5.79. The Hall–Kier alpha value is -2.95. The average molecular weight is 292 g/mol. The largest absolute Gasteiger partial charge is 0.506 e. The molecular formula is C17H16N4O. The first-order chi connectivity index (χ1) is 10.6. The van der Waals surface area contributed by atoms with Gasteiger partial charge in [-0.3, -0.25) is 0 Å². The van der Waals surface area contributed by atoms with Crippen LogP contribution in [0.15, 0.2) is 64.8 Å². The summed E-state index contributed by atoms with van der Waals surface area (Å²) in [6.45, 7) is 0. The van der Waals surface area contributed by atoms with E-state index in [1.807, 2.05) is 55.4 Å². The van der Waals surface area contributed by atoms with Gasteiger partial charge in [0.15, 0.2) is 5.82 Å². The van der Waals surface area contributed by atoms with Crippen LogP contribution in [0.3, 0.4) is 0 Å². The average Bonchev–Trinajstić information content (AvgIpc) is 2.53. The summed E-state index contributed by atoms with van der Waals surface area (Å²) in [5.74, 6) is 0.602. The molecule has 5 heteroatoms. The van der Waals surface area contributed by atoms with Crippen LogP contribution in [-0.4, -0.2) is 24.2 Å². The van der Waals surface area contributed by atoms with Gasteiger partial charge < -0.3 is 10.0 Å². The number of pyridine rings is 1. The van der Waals surface area contributed by atoms with Crippen LogP contribution in [0.5, 0.6) is 5.75 Å². The third kappa shape index (κ3) is 2.88. The van der Waals surface area contributed by atoms with Crippen molar-refractivity contribution < 1.29 is 5.11 Å². The SMILES string of the molecule is CN(C)c1ccc(N=Nc2ccc3ccccc3n2)c(O)c1. The van der Waals surface area contributed by atoms with E-state index in [1.54, 1.807) is 18.2 Å². The molecule has 3 rings (SSSR count). The molecule has 0 spiro atoms. The van der Waals surface area contributed by atoms with E-state index in [0.717, 1.165) is 16.6 Å². The standard InChI is InChI=1S/C17H16N4O/c1-21(2)13-8-9-15(16(22)11-13)19-20-17-10-7-12-5-3-4-6-14(12)18-17/h3-11,22H,1-2H3. The Morgan fingerprint density at radius 1 is 0.955 bits per heavy atom. The predicted octanol–water partition coefficient (Wildman–Crippen LogP) is 4.42. The van der Waals surface area contributed by atoms with Gasteiger partial charge in [-0.1, -0.05) is 18.2 Å². The van der Waals surface area contributed by atoms with Crippen LogP contribution in [0.2, 0.25) is 0 Å². The van der Waals surface area contributed by atoms with Gasteiger partial charge in [0.2, 0.25) is 0 Å². The van der Waals surface area contributed by atoms with Crippen LogP contribution in [-0.2, 0) is 0 Å². The number of aromatic hydroxyl groups is 1. The third-order valence-corrected chi connectivity index (χ3v) is 3.32. The number of rotatable bonds is 3. The monoisotopic (exact) mass is 292 g/mol. The quantitative estimate of drug-likeness (QED) is 0.727. The van der Waals surface area contributed by atoms with E-state index in [0.29, 0.717) is 11.5 Å². The van der Waals surface area contributed by atoms with Crippen LogP contribution in [0, 0.1) is 0 Å². The van der Waals surface area contributed by atoms with Gasteiger partial charge >= 0.3 is 0 Å². The highest BCUT2D eigenvalue weighted by Gasteiger charge is 2.03. The summed E-state index contributed by atoms with van der Waals surface area (Å²) in [5, 5.41) is 19.2. The summed E-state index contributed by atoms with van der Waals surface area (Å²) in [6.07, 6.45) is 0. The van der Waals surface area contributed by atoms with E-state index in [4.69, 9.17) is 0 Å². The first-order valence-electron chi connectivity index (χ1n) is 6.91. The highest BCUT2D eigenvalue weighted by atomic mass is 16.3. The molecule has 3 aromatic rings. The molecule has 0 aliphatic rings. The van der Waals surface area contributed by atoms with E-state index in [2.05, 4.69) is 15.2 Å². The Bertz CT molecular complexity index is 843. The van der Waals surface area contributed by atoms with E-state index < -0.39 is 0 Å². The van der Waals surface area contributed by atoms with E-state index >= 15 is 0 Å². The number of phenolic OH excluding ortho intramolecular Hbond substituents is 1.